The van der Waals surface area contributed by atoms with Crippen LogP contribution in [0.2, 0.25) is 0 Å². The van der Waals surface area contributed by atoms with E-state index in [-0.39, 0.29) is 23.3 Å². The van der Waals surface area contributed by atoms with E-state index in [0.29, 0.717) is 25.3 Å². The van der Waals surface area contributed by atoms with Gasteiger partial charge in [-0.1, -0.05) is 6.07 Å². The lowest BCUT2D eigenvalue weighted by Gasteiger charge is -2.15. The molecule has 0 spiro atoms. The predicted molar refractivity (Wildman–Crippen MR) is 111 cm³/mol. The van der Waals surface area contributed by atoms with Crippen molar-refractivity contribution in [2.45, 2.75) is 55.8 Å². The van der Waals surface area contributed by atoms with Crippen LogP contribution < -0.4 is 15.2 Å². The minimum Gasteiger partial charge on any atom is -0.469 e. The SMILES string of the molecule is COC[C@H]1Cn2ncc(S(N)(=O)=NC(=O)Nc3c4c(cc5c3C[C@@H](F)C5)CCC4)c2O1. The molecule has 11 heteroatoms. The van der Waals surface area contributed by atoms with Gasteiger partial charge < -0.3 is 14.8 Å². The fraction of sp³-hybridized carbons (Fsp3) is 0.500. The first-order chi connectivity index (χ1) is 14.9. The van der Waals surface area contributed by atoms with Crippen LogP contribution in [0.25, 0.3) is 0 Å². The van der Waals surface area contributed by atoms with Crippen molar-refractivity contribution in [3.63, 3.8) is 0 Å². The molecule has 1 unspecified atom stereocenters. The van der Waals surface area contributed by atoms with Crippen LogP contribution in [0.4, 0.5) is 14.9 Å². The highest BCUT2D eigenvalue weighted by atomic mass is 32.2. The number of ether oxygens (including phenoxy) is 2. The van der Waals surface area contributed by atoms with Gasteiger partial charge in [0, 0.05) is 25.6 Å². The fourth-order valence-electron chi connectivity index (χ4n) is 4.72. The average Bonchev–Trinajstić information content (AvgIpc) is 3.43. The Kier molecular flexibility index (Phi) is 4.98. The van der Waals surface area contributed by atoms with Gasteiger partial charge in [-0.3, -0.25) is 0 Å². The highest BCUT2D eigenvalue weighted by molar-refractivity contribution is 7.91. The van der Waals surface area contributed by atoms with Crippen molar-refractivity contribution in [3.05, 3.63) is 34.5 Å². The maximum Gasteiger partial charge on any atom is 0.354 e. The number of aryl methyl sites for hydroxylation is 1. The molecule has 0 radical (unpaired) electrons. The van der Waals surface area contributed by atoms with Crippen LogP contribution in [0.5, 0.6) is 5.88 Å². The van der Waals surface area contributed by atoms with Crippen molar-refractivity contribution in [2.24, 2.45) is 9.50 Å². The number of hydrogen-bond acceptors (Lipinski definition) is 5. The van der Waals surface area contributed by atoms with E-state index in [2.05, 4.69) is 20.8 Å². The molecular weight excluding hydrogens is 425 g/mol. The molecule has 3 atom stereocenters. The second-order valence-electron chi connectivity index (χ2n) is 8.17. The van der Waals surface area contributed by atoms with E-state index >= 15 is 0 Å². The molecule has 166 valence electrons. The van der Waals surface area contributed by atoms with Crippen LogP contribution >= 0.6 is 0 Å². The van der Waals surface area contributed by atoms with Gasteiger partial charge in [0.25, 0.3) is 0 Å². The molecule has 2 aromatic rings. The molecule has 2 heterocycles. The predicted octanol–water partition coefficient (Wildman–Crippen LogP) is 2.15. The number of benzene rings is 1. The molecule has 3 N–H and O–H groups in total. The third kappa shape index (κ3) is 3.60. The van der Waals surface area contributed by atoms with E-state index in [0.717, 1.165) is 41.5 Å². The van der Waals surface area contributed by atoms with Crippen LogP contribution in [0, 0.1) is 0 Å². The summed E-state index contributed by atoms with van der Waals surface area (Å²) >= 11 is 0. The standard InChI is InChI=1S/C20H24FN5O4S/c1-29-10-14-9-26-19(30-14)17(8-23-26)31(22,28)25-20(27)24-18-15-4-2-3-11(15)5-12-6-13(21)7-16(12)18/h5,8,13-14H,2-4,6-7,9-10H2,1H3,(H3,22,24,25,27,28)/t13-,14+,31?/m0/s1. The Morgan fingerprint density at radius 2 is 2.26 bits per heavy atom. The first-order valence-electron chi connectivity index (χ1n) is 10.2. The summed E-state index contributed by atoms with van der Waals surface area (Å²) in [6, 6.07) is 1.23. The number of nitrogens with two attached hydrogens (primary N) is 1. The Labute approximate surface area is 179 Å². The highest BCUT2D eigenvalue weighted by Crippen LogP contribution is 2.39. The Hall–Kier alpha value is -2.50. The Balaban J connectivity index is 1.44. The van der Waals surface area contributed by atoms with Gasteiger partial charge in [0.1, 0.15) is 17.2 Å². The first kappa shape index (κ1) is 20.4. The summed E-state index contributed by atoms with van der Waals surface area (Å²) in [5.41, 5.74) is 4.47. The molecule has 1 aliphatic heterocycles. The number of anilines is 1. The topological polar surface area (TPSA) is 121 Å². The number of nitrogens with one attached hydrogen (secondary N) is 1. The number of hydrogen-bond donors (Lipinski definition) is 2. The van der Waals surface area contributed by atoms with E-state index in [1.807, 2.05) is 0 Å². The summed E-state index contributed by atoms with van der Waals surface area (Å²) in [7, 11) is -2.04. The van der Waals surface area contributed by atoms with Gasteiger partial charge in [0.2, 0.25) is 5.88 Å². The third-order valence-corrected chi connectivity index (χ3v) is 7.35. The van der Waals surface area contributed by atoms with Crippen LogP contribution in [0.3, 0.4) is 0 Å². The number of fused-ring (bicyclic) bond motifs is 3. The van der Waals surface area contributed by atoms with Crippen LogP contribution in [-0.2, 0) is 46.9 Å². The normalized spacial score (nSPS) is 22.9. The number of urea groups is 1. The van der Waals surface area contributed by atoms with E-state index in [4.69, 9.17) is 14.6 Å². The largest absolute Gasteiger partial charge is 0.469 e. The number of aromatic nitrogens is 2. The first-order valence-corrected chi connectivity index (χ1v) is 11.8. The molecule has 0 bridgehead atoms. The summed E-state index contributed by atoms with van der Waals surface area (Å²) in [6.45, 7) is 0.767. The number of amides is 2. The molecule has 1 aromatic carbocycles. The summed E-state index contributed by atoms with van der Waals surface area (Å²) in [5.74, 6) is 0.230. The van der Waals surface area contributed by atoms with Crippen molar-refractivity contribution in [3.8, 4) is 5.88 Å². The number of methoxy groups -OCH3 is 1. The summed E-state index contributed by atoms with van der Waals surface area (Å²) < 4.78 is 43.3. The van der Waals surface area contributed by atoms with Crippen LogP contribution in [-0.4, -0.2) is 46.0 Å². The smallest absolute Gasteiger partial charge is 0.354 e. The average molecular weight is 450 g/mol. The molecule has 0 saturated carbocycles. The lowest BCUT2D eigenvalue weighted by atomic mass is 9.99. The third-order valence-electron chi connectivity index (χ3n) is 6.00. The van der Waals surface area contributed by atoms with Gasteiger partial charge in [-0.2, -0.15) is 5.10 Å². The number of carbonyl (C=O) groups is 1. The Morgan fingerprint density at radius 3 is 3.06 bits per heavy atom. The van der Waals surface area contributed by atoms with E-state index in [1.54, 1.807) is 7.11 Å². The second kappa shape index (κ2) is 7.57. The zero-order chi connectivity index (χ0) is 21.8. The molecular formula is C20H24FN5O4S. The molecule has 2 amide bonds. The minimum atomic E-state index is -3.60. The Morgan fingerprint density at radius 1 is 1.42 bits per heavy atom. The van der Waals surface area contributed by atoms with E-state index < -0.39 is 22.1 Å². The van der Waals surface area contributed by atoms with Gasteiger partial charge in [-0.25, -0.2) is 23.2 Å². The number of alkyl halides is 1. The van der Waals surface area contributed by atoms with Gasteiger partial charge in [-0.15, -0.1) is 4.36 Å². The minimum absolute atomic E-state index is 0.0635. The van der Waals surface area contributed by atoms with Crippen LogP contribution in [0.1, 0.15) is 28.7 Å². The molecule has 0 saturated heterocycles. The molecule has 5 rings (SSSR count). The van der Waals surface area contributed by atoms with Crippen LogP contribution in [0.15, 0.2) is 21.5 Å². The van der Waals surface area contributed by atoms with Gasteiger partial charge >= 0.3 is 6.03 Å². The van der Waals surface area contributed by atoms with Crippen molar-refractivity contribution in [1.82, 2.24) is 9.78 Å². The summed E-state index contributed by atoms with van der Waals surface area (Å²) in [4.78, 5) is 12.8. The zero-order valence-corrected chi connectivity index (χ0v) is 17.9. The lowest BCUT2D eigenvalue weighted by molar-refractivity contribution is 0.0920. The van der Waals surface area contributed by atoms with Crippen molar-refractivity contribution >= 4 is 21.6 Å². The Bertz CT molecular complexity index is 1190. The van der Waals surface area contributed by atoms with Gasteiger partial charge in [0.05, 0.1) is 19.3 Å². The van der Waals surface area contributed by atoms with E-state index in [9.17, 15) is 13.4 Å². The maximum atomic E-state index is 14.1. The molecule has 0 fully saturated rings. The number of carbonyl (C=O) groups excluding carboxylic acids is 1. The fourth-order valence-corrected chi connectivity index (χ4v) is 5.71. The summed E-state index contributed by atoms with van der Waals surface area (Å²) in [6.07, 6.45) is 3.35. The lowest BCUT2D eigenvalue weighted by Crippen LogP contribution is -2.22. The molecule has 1 aromatic heterocycles. The molecule has 9 nitrogen and oxygen atoms in total. The van der Waals surface area contributed by atoms with E-state index in [1.165, 1.54) is 10.9 Å². The number of rotatable bonds is 4. The van der Waals surface area contributed by atoms with Crippen molar-refractivity contribution < 1.29 is 22.9 Å². The molecule has 2 aliphatic carbocycles. The second-order valence-corrected chi connectivity index (χ2v) is 9.93. The quantitative estimate of drug-likeness (QED) is 0.741. The van der Waals surface area contributed by atoms with Crippen molar-refractivity contribution in [1.29, 1.82) is 0 Å². The number of halogens is 1. The van der Waals surface area contributed by atoms with Gasteiger partial charge in [-0.05, 0) is 41.5 Å². The molecule has 31 heavy (non-hydrogen) atoms. The van der Waals surface area contributed by atoms with Gasteiger partial charge in [0.15, 0.2) is 9.92 Å². The monoisotopic (exact) mass is 449 g/mol. The highest BCUT2D eigenvalue weighted by Gasteiger charge is 2.32. The van der Waals surface area contributed by atoms with Crippen molar-refractivity contribution in [2.75, 3.05) is 19.0 Å². The summed E-state index contributed by atoms with van der Waals surface area (Å²) in [5, 5.41) is 12.8. The number of nitrogens with zero attached hydrogens (tertiary/aromatic N) is 3. The molecule has 3 aliphatic rings. The maximum absolute atomic E-state index is 14.1. The zero-order valence-electron chi connectivity index (χ0n) is 17.1.